The first-order valence-electron chi connectivity index (χ1n) is 12.7. The fourth-order valence-electron chi connectivity index (χ4n) is 5.19. The molecule has 11 heteroatoms. The van der Waals surface area contributed by atoms with Crippen LogP contribution in [-0.2, 0) is 5.54 Å². The number of H-pyrrole nitrogens is 1. The molecule has 0 spiro atoms. The summed E-state index contributed by atoms with van der Waals surface area (Å²) in [7, 11) is 1.67. The molecule has 0 amide bonds. The molecular formula is C27H31N7O4. The molecule has 1 fully saturated rings. The zero-order valence-corrected chi connectivity index (χ0v) is 22.0. The zero-order chi connectivity index (χ0) is 26.4. The Morgan fingerprint density at radius 1 is 1.00 bits per heavy atom. The van der Waals surface area contributed by atoms with Crippen molar-refractivity contribution in [2.24, 2.45) is 0 Å². The Morgan fingerprint density at radius 3 is 2.39 bits per heavy atom. The van der Waals surface area contributed by atoms with Gasteiger partial charge in [-0.1, -0.05) is 0 Å². The second-order valence-corrected chi connectivity index (χ2v) is 10.6. The van der Waals surface area contributed by atoms with Crippen molar-refractivity contribution in [2.45, 2.75) is 32.4 Å². The van der Waals surface area contributed by atoms with Crippen LogP contribution in [0.4, 0.5) is 5.69 Å². The molecule has 1 saturated heterocycles. The van der Waals surface area contributed by atoms with Gasteiger partial charge in [0.1, 0.15) is 11.8 Å². The average molecular weight is 518 g/mol. The van der Waals surface area contributed by atoms with Crippen LogP contribution in [0.15, 0.2) is 47.3 Å². The number of benzene rings is 2. The summed E-state index contributed by atoms with van der Waals surface area (Å²) in [6.45, 7) is 9.38. The molecular weight excluding hydrogens is 486 g/mol. The van der Waals surface area contributed by atoms with Gasteiger partial charge < -0.3 is 24.1 Å². The number of pyridine rings is 1. The standard InChI is InChI=1S/C27H31N7O4/c1-27(2,3)34-25(29-30-31-34)24(33-11-9-32(10-12-33)18-5-7-19(36-4)8-6-18)20-13-17-14-22-23(38-16-37-22)15-21(17)28-26(20)35/h5-8,13-15,24H,9-12,16H2,1-4H3,(H,28,35)/t24-/m0/s1. The van der Waals surface area contributed by atoms with Gasteiger partial charge in [-0.2, -0.15) is 0 Å². The van der Waals surface area contributed by atoms with Crippen LogP contribution in [0, 0.1) is 0 Å². The molecule has 6 rings (SSSR count). The lowest BCUT2D eigenvalue weighted by Gasteiger charge is -2.40. The Kier molecular flexibility index (Phi) is 5.94. The molecule has 1 atom stereocenters. The van der Waals surface area contributed by atoms with E-state index >= 15 is 0 Å². The molecule has 38 heavy (non-hydrogen) atoms. The molecule has 0 radical (unpaired) electrons. The smallest absolute Gasteiger partial charge is 0.253 e. The van der Waals surface area contributed by atoms with Crippen molar-refractivity contribution in [3.63, 3.8) is 0 Å². The normalized spacial score (nSPS) is 16.7. The van der Waals surface area contributed by atoms with Crippen LogP contribution < -0.4 is 24.7 Å². The van der Waals surface area contributed by atoms with Gasteiger partial charge in [-0.15, -0.1) is 5.10 Å². The lowest BCUT2D eigenvalue weighted by molar-refractivity contribution is 0.174. The van der Waals surface area contributed by atoms with E-state index in [2.05, 4.69) is 63.2 Å². The summed E-state index contributed by atoms with van der Waals surface area (Å²) >= 11 is 0. The highest BCUT2D eigenvalue weighted by Gasteiger charge is 2.35. The summed E-state index contributed by atoms with van der Waals surface area (Å²) in [5, 5.41) is 13.6. The van der Waals surface area contributed by atoms with Crippen LogP contribution in [0.1, 0.15) is 38.2 Å². The molecule has 4 aromatic rings. The van der Waals surface area contributed by atoms with Crippen molar-refractivity contribution in [2.75, 3.05) is 45.0 Å². The first kappa shape index (κ1) is 24.2. The molecule has 0 unspecified atom stereocenters. The molecule has 0 bridgehead atoms. The molecule has 2 aromatic carbocycles. The maximum atomic E-state index is 13.6. The first-order valence-corrected chi connectivity index (χ1v) is 12.7. The van der Waals surface area contributed by atoms with Crippen molar-refractivity contribution in [1.29, 1.82) is 0 Å². The number of methoxy groups -OCH3 is 1. The average Bonchev–Trinajstić information content (AvgIpc) is 3.58. The Morgan fingerprint density at radius 2 is 1.71 bits per heavy atom. The number of aromatic amines is 1. The third-order valence-corrected chi connectivity index (χ3v) is 7.15. The van der Waals surface area contributed by atoms with Gasteiger partial charge in [0.2, 0.25) is 6.79 Å². The van der Waals surface area contributed by atoms with Crippen LogP contribution in [0.2, 0.25) is 0 Å². The monoisotopic (exact) mass is 517 g/mol. The number of fused-ring (bicyclic) bond motifs is 2. The predicted octanol–water partition coefficient (Wildman–Crippen LogP) is 2.92. The number of hydrogen-bond donors (Lipinski definition) is 1. The van der Waals surface area contributed by atoms with Gasteiger partial charge in [0.15, 0.2) is 17.3 Å². The minimum absolute atomic E-state index is 0.171. The molecule has 0 saturated carbocycles. The van der Waals surface area contributed by atoms with E-state index in [4.69, 9.17) is 14.2 Å². The van der Waals surface area contributed by atoms with E-state index in [1.54, 1.807) is 7.11 Å². The SMILES string of the molecule is COc1ccc(N2CCN([C@@H](c3cc4cc5c(cc4[nH]c3=O)OCO5)c3nnnn3C(C)(C)C)CC2)cc1. The van der Waals surface area contributed by atoms with Crippen LogP contribution >= 0.6 is 0 Å². The van der Waals surface area contributed by atoms with Gasteiger partial charge in [-0.25, -0.2) is 4.68 Å². The fourth-order valence-corrected chi connectivity index (χ4v) is 5.19. The highest BCUT2D eigenvalue weighted by atomic mass is 16.7. The predicted molar refractivity (Wildman–Crippen MR) is 142 cm³/mol. The van der Waals surface area contributed by atoms with E-state index in [1.807, 2.05) is 35.0 Å². The third-order valence-electron chi connectivity index (χ3n) is 7.15. The quantitative estimate of drug-likeness (QED) is 0.427. The minimum atomic E-state index is -0.430. The Labute approximate surface area is 219 Å². The van der Waals surface area contributed by atoms with Gasteiger partial charge in [0, 0.05) is 48.9 Å². The molecule has 2 aromatic heterocycles. The number of rotatable bonds is 5. The van der Waals surface area contributed by atoms with E-state index in [1.165, 1.54) is 0 Å². The molecule has 1 N–H and O–H groups in total. The second-order valence-electron chi connectivity index (χ2n) is 10.6. The number of aromatic nitrogens is 5. The topological polar surface area (TPSA) is 111 Å². The fraction of sp³-hybridized carbons (Fsp3) is 0.407. The third kappa shape index (κ3) is 4.32. The lowest BCUT2D eigenvalue weighted by Crippen LogP contribution is -2.49. The molecule has 4 heterocycles. The first-order chi connectivity index (χ1) is 18.3. The van der Waals surface area contributed by atoms with Crippen molar-refractivity contribution in [1.82, 2.24) is 30.1 Å². The highest BCUT2D eigenvalue weighted by molar-refractivity contribution is 5.83. The van der Waals surface area contributed by atoms with E-state index in [0.29, 0.717) is 28.4 Å². The van der Waals surface area contributed by atoms with Gasteiger partial charge in [-0.05, 0) is 67.6 Å². The molecule has 0 aliphatic carbocycles. The maximum absolute atomic E-state index is 13.6. The number of hydrogen-bond acceptors (Lipinski definition) is 9. The molecule has 198 valence electrons. The zero-order valence-electron chi connectivity index (χ0n) is 22.0. The number of anilines is 1. The van der Waals surface area contributed by atoms with Crippen LogP contribution in [0.5, 0.6) is 17.2 Å². The van der Waals surface area contributed by atoms with E-state index in [-0.39, 0.29) is 17.9 Å². The molecule has 2 aliphatic rings. The van der Waals surface area contributed by atoms with E-state index in [0.717, 1.165) is 43.0 Å². The van der Waals surface area contributed by atoms with Gasteiger partial charge in [-0.3, -0.25) is 9.69 Å². The van der Waals surface area contributed by atoms with Gasteiger partial charge >= 0.3 is 0 Å². The lowest BCUT2D eigenvalue weighted by atomic mass is 10.0. The number of nitrogens with zero attached hydrogens (tertiary/aromatic N) is 6. The van der Waals surface area contributed by atoms with Crippen molar-refractivity contribution >= 4 is 16.6 Å². The summed E-state index contributed by atoms with van der Waals surface area (Å²) in [6.07, 6.45) is 0. The second kappa shape index (κ2) is 9.32. The Hall–Kier alpha value is -4.12. The molecule has 2 aliphatic heterocycles. The highest BCUT2D eigenvalue weighted by Crippen LogP contribution is 2.37. The Balaban J connectivity index is 1.38. The van der Waals surface area contributed by atoms with E-state index in [9.17, 15) is 4.79 Å². The van der Waals surface area contributed by atoms with Gasteiger partial charge in [0.25, 0.3) is 5.56 Å². The maximum Gasteiger partial charge on any atom is 0.253 e. The number of tetrazole rings is 1. The van der Waals surface area contributed by atoms with Gasteiger partial charge in [0.05, 0.1) is 18.2 Å². The summed E-state index contributed by atoms with van der Waals surface area (Å²) in [4.78, 5) is 21.2. The molecule has 11 nitrogen and oxygen atoms in total. The summed E-state index contributed by atoms with van der Waals surface area (Å²) in [5.74, 6) is 2.77. The summed E-state index contributed by atoms with van der Waals surface area (Å²) < 4.78 is 18.2. The van der Waals surface area contributed by atoms with Crippen LogP contribution in [0.3, 0.4) is 0 Å². The minimum Gasteiger partial charge on any atom is -0.497 e. The van der Waals surface area contributed by atoms with Crippen molar-refractivity contribution in [3.8, 4) is 17.2 Å². The Bertz CT molecular complexity index is 1520. The van der Waals surface area contributed by atoms with Crippen LogP contribution in [0.25, 0.3) is 10.9 Å². The number of ether oxygens (including phenoxy) is 3. The summed E-state index contributed by atoms with van der Waals surface area (Å²) in [6, 6.07) is 13.3. The summed E-state index contributed by atoms with van der Waals surface area (Å²) in [5.41, 5.74) is 1.89. The van der Waals surface area contributed by atoms with Crippen molar-refractivity contribution < 1.29 is 14.2 Å². The largest absolute Gasteiger partial charge is 0.497 e. The number of piperazine rings is 1. The van der Waals surface area contributed by atoms with E-state index < -0.39 is 6.04 Å². The van der Waals surface area contributed by atoms with Crippen LogP contribution in [-0.4, -0.2) is 70.2 Å². The number of nitrogens with one attached hydrogen (secondary N) is 1. The van der Waals surface area contributed by atoms with Crippen molar-refractivity contribution in [3.05, 3.63) is 64.2 Å².